The number of nitrogens with zero attached hydrogens (tertiary/aromatic N) is 2. The Morgan fingerprint density at radius 2 is 2.06 bits per heavy atom. The first-order chi connectivity index (χ1) is 7.74. The van der Waals surface area contributed by atoms with E-state index in [0.717, 1.165) is 22.4 Å². The Morgan fingerprint density at radius 3 is 2.75 bits per heavy atom. The summed E-state index contributed by atoms with van der Waals surface area (Å²) in [5.74, 6) is 1.36. The van der Waals surface area contributed by atoms with E-state index in [9.17, 15) is 0 Å². The predicted molar refractivity (Wildman–Crippen MR) is 62.8 cm³/mol. The molecule has 2 heterocycles. The molecule has 0 radical (unpaired) electrons. The maximum Gasteiger partial charge on any atom is 0.155 e. The second-order valence-corrected chi connectivity index (χ2v) is 3.73. The lowest BCUT2D eigenvalue weighted by atomic mass is 10.2. The van der Waals surface area contributed by atoms with Crippen LogP contribution in [-0.2, 0) is 7.05 Å². The average Bonchev–Trinajstić information content (AvgIpc) is 2.83. The van der Waals surface area contributed by atoms with Crippen molar-refractivity contribution in [2.45, 2.75) is 0 Å². The number of para-hydroxylation sites is 1. The number of aryl methyl sites for hydroxylation is 1. The molecule has 3 aromatic rings. The van der Waals surface area contributed by atoms with Gasteiger partial charge in [0.1, 0.15) is 17.1 Å². The Morgan fingerprint density at radius 1 is 1.25 bits per heavy atom. The van der Waals surface area contributed by atoms with Gasteiger partial charge < -0.3 is 10.2 Å². The molecule has 80 valence electrons. The van der Waals surface area contributed by atoms with Crippen molar-refractivity contribution in [2.75, 3.05) is 5.73 Å². The van der Waals surface area contributed by atoms with Crippen LogP contribution >= 0.6 is 0 Å². The number of benzene rings is 1. The number of hydrogen-bond donors (Lipinski definition) is 1. The van der Waals surface area contributed by atoms with Gasteiger partial charge in [-0.1, -0.05) is 18.2 Å². The zero-order valence-electron chi connectivity index (χ0n) is 8.84. The normalized spacial score (nSPS) is 11.1. The highest BCUT2D eigenvalue weighted by atomic mass is 16.3. The lowest BCUT2D eigenvalue weighted by molar-refractivity contribution is 0.625. The molecule has 4 nitrogen and oxygen atoms in total. The lowest BCUT2D eigenvalue weighted by Crippen LogP contribution is -1.96. The Bertz CT molecular complexity index is 599. The molecule has 0 saturated heterocycles. The van der Waals surface area contributed by atoms with Crippen LogP contribution in [0.2, 0.25) is 0 Å². The molecule has 0 unspecified atom stereocenters. The van der Waals surface area contributed by atoms with Crippen molar-refractivity contribution in [3.63, 3.8) is 0 Å². The Hall–Kier alpha value is -2.23. The maximum absolute atomic E-state index is 5.73. The molecule has 0 aliphatic heterocycles. The lowest BCUT2D eigenvalue weighted by Gasteiger charge is -1.89. The summed E-state index contributed by atoms with van der Waals surface area (Å²) in [6.07, 6.45) is 0. The highest BCUT2D eigenvalue weighted by molar-refractivity contribution is 5.82. The highest BCUT2D eigenvalue weighted by Crippen LogP contribution is 2.27. The van der Waals surface area contributed by atoms with E-state index in [-0.39, 0.29) is 0 Å². The van der Waals surface area contributed by atoms with E-state index in [4.69, 9.17) is 10.2 Å². The van der Waals surface area contributed by atoms with Crippen molar-refractivity contribution in [1.29, 1.82) is 0 Å². The van der Waals surface area contributed by atoms with E-state index in [1.54, 1.807) is 10.7 Å². The largest absolute Gasteiger partial charge is 0.454 e. The van der Waals surface area contributed by atoms with Crippen LogP contribution < -0.4 is 5.73 Å². The number of anilines is 1. The van der Waals surface area contributed by atoms with Gasteiger partial charge in [-0.2, -0.15) is 5.10 Å². The van der Waals surface area contributed by atoms with Gasteiger partial charge in [-0.3, -0.25) is 4.68 Å². The van der Waals surface area contributed by atoms with Gasteiger partial charge in [0.05, 0.1) is 0 Å². The molecule has 0 aliphatic carbocycles. The summed E-state index contributed by atoms with van der Waals surface area (Å²) < 4.78 is 7.32. The number of hydrogen-bond acceptors (Lipinski definition) is 3. The molecule has 16 heavy (non-hydrogen) atoms. The molecule has 0 amide bonds. The first-order valence-corrected chi connectivity index (χ1v) is 5.02. The first-order valence-electron chi connectivity index (χ1n) is 5.02. The predicted octanol–water partition coefficient (Wildman–Crippen LogP) is 2.42. The van der Waals surface area contributed by atoms with Gasteiger partial charge in [0.25, 0.3) is 0 Å². The molecule has 2 aromatic heterocycles. The van der Waals surface area contributed by atoms with Crippen LogP contribution in [0.15, 0.2) is 40.8 Å². The van der Waals surface area contributed by atoms with Gasteiger partial charge in [0, 0.05) is 18.5 Å². The summed E-state index contributed by atoms with van der Waals surface area (Å²) >= 11 is 0. The minimum atomic E-state index is 0.621. The summed E-state index contributed by atoms with van der Waals surface area (Å²) in [6, 6.07) is 11.6. The molecule has 2 N–H and O–H groups in total. The third kappa shape index (κ3) is 1.27. The number of rotatable bonds is 1. The van der Waals surface area contributed by atoms with Crippen molar-refractivity contribution < 1.29 is 4.42 Å². The molecule has 0 bridgehead atoms. The van der Waals surface area contributed by atoms with Crippen LogP contribution in [0.1, 0.15) is 0 Å². The molecule has 0 saturated carbocycles. The van der Waals surface area contributed by atoms with Crippen LogP contribution in [0, 0.1) is 0 Å². The maximum atomic E-state index is 5.73. The van der Waals surface area contributed by atoms with Crippen molar-refractivity contribution in [1.82, 2.24) is 9.78 Å². The smallest absolute Gasteiger partial charge is 0.155 e. The molecular formula is C12H11N3O. The van der Waals surface area contributed by atoms with E-state index >= 15 is 0 Å². The molecule has 3 rings (SSSR count). The minimum Gasteiger partial charge on any atom is -0.454 e. The fraction of sp³-hybridized carbons (Fsp3) is 0.0833. The second kappa shape index (κ2) is 3.13. The topological polar surface area (TPSA) is 57.0 Å². The van der Waals surface area contributed by atoms with E-state index < -0.39 is 0 Å². The van der Waals surface area contributed by atoms with Crippen molar-refractivity contribution in [2.24, 2.45) is 7.05 Å². The first kappa shape index (κ1) is 9.03. The summed E-state index contributed by atoms with van der Waals surface area (Å²) in [5, 5.41) is 5.34. The van der Waals surface area contributed by atoms with Gasteiger partial charge in [0.2, 0.25) is 0 Å². The monoisotopic (exact) mass is 213 g/mol. The fourth-order valence-electron chi connectivity index (χ4n) is 1.71. The van der Waals surface area contributed by atoms with Crippen molar-refractivity contribution >= 4 is 16.8 Å². The van der Waals surface area contributed by atoms with Gasteiger partial charge in [-0.05, 0) is 12.1 Å². The minimum absolute atomic E-state index is 0.621. The number of aromatic nitrogens is 2. The number of nitrogen functional groups attached to an aromatic ring is 1. The quantitative estimate of drug-likeness (QED) is 0.675. The van der Waals surface area contributed by atoms with Gasteiger partial charge in [0.15, 0.2) is 5.76 Å². The van der Waals surface area contributed by atoms with Gasteiger partial charge in [-0.15, -0.1) is 0 Å². The van der Waals surface area contributed by atoms with E-state index in [1.165, 1.54) is 0 Å². The van der Waals surface area contributed by atoms with Crippen LogP contribution in [0.5, 0.6) is 0 Å². The van der Waals surface area contributed by atoms with Crippen LogP contribution in [-0.4, -0.2) is 9.78 Å². The van der Waals surface area contributed by atoms with E-state index in [2.05, 4.69) is 5.10 Å². The van der Waals surface area contributed by atoms with Gasteiger partial charge in [-0.25, -0.2) is 0 Å². The van der Waals surface area contributed by atoms with Crippen molar-refractivity contribution in [3.05, 3.63) is 36.4 Å². The standard InChI is InChI=1S/C12H11N3O/c1-15-12(13)7-9(14-15)11-6-8-4-2-3-5-10(8)16-11/h2-7H,13H2,1H3. The zero-order valence-corrected chi connectivity index (χ0v) is 8.84. The fourth-order valence-corrected chi connectivity index (χ4v) is 1.71. The van der Waals surface area contributed by atoms with Crippen LogP contribution in [0.4, 0.5) is 5.82 Å². The Kier molecular flexibility index (Phi) is 1.77. The van der Waals surface area contributed by atoms with Crippen LogP contribution in [0.3, 0.4) is 0 Å². The number of fused-ring (bicyclic) bond motifs is 1. The summed E-state index contributed by atoms with van der Waals surface area (Å²) in [7, 11) is 1.81. The summed E-state index contributed by atoms with van der Waals surface area (Å²) in [4.78, 5) is 0. The summed E-state index contributed by atoms with van der Waals surface area (Å²) in [5.41, 5.74) is 7.35. The molecular weight excluding hydrogens is 202 g/mol. The number of furan rings is 1. The number of nitrogens with two attached hydrogens (primary N) is 1. The summed E-state index contributed by atoms with van der Waals surface area (Å²) in [6.45, 7) is 0. The molecule has 0 spiro atoms. The second-order valence-electron chi connectivity index (χ2n) is 3.73. The third-order valence-electron chi connectivity index (χ3n) is 2.59. The molecule has 4 heteroatoms. The Balaban J connectivity index is 2.18. The van der Waals surface area contributed by atoms with E-state index in [1.807, 2.05) is 37.4 Å². The van der Waals surface area contributed by atoms with Crippen molar-refractivity contribution in [3.8, 4) is 11.5 Å². The van der Waals surface area contributed by atoms with E-state index in [0.29, 0.717) is 5.82 Å². The molecule has 0 atom stereocenters. The average molecular weight is 213 g/mol. The molecule has 1 aromatic carbocycles. The third-order valence-corrected chi connectivity index (χ3v) is 2.59. The zero-order chi connectivity index (χ0) is 11.1. The Labute approximate surface area is 92.3 Å². The highest BCUT2D eigenvalue weighted by Gasteiger charge is 2.09. The molecule has 0 fully saturated rings. The van der Waals surface area contributed by atoms with Crippen LogP contribution in [0.25, 0.3) is 22.4 Å². The molecule has 0 aliphatic rings. The van der Waals surface area contributed by atoms with Gasteiger partial charge >= 0.3 is 0 Å². The SMILES string of the molecule is Cn1nc(-c2cc3ccccc3o2)cc1N.